The third-order valence-corrected chi connectivity index (χ3v) is 8.33. The minimum Gasteiger partial charge on any atom is -0.375 e. The number of nitrogens with two attached hydrogens (primary N) is 1. The molecule has 0 bridgehead atoms. The maximum atomic E-state index is 12.4. The second kappa shape index (κ2) is 11.9. The van der Waals surface area contributed by atoms with E-state index in [-0.39, 0.29) is 5.78 Å². The van der Waals surface area contributed by atoms with Gasteiger partial charge in [-0.1, -0.05) is 25.8 Å². The summed E-state index contributed by atoms with van der Waals surface area (Å²) in [5.41, 5.74) is 8.18. The van der Waals surface area contributed by atoms with Gasteiger partial charge in [0.15, 0.2) is 10.9 Å². The highest BCUT2D eigenvalue weighted by Crippen LogP contribution is 2.34. The Bertz CT molecular complexity index is 917. The van der Waals surface area contributed by atoms with Gasteiger partial charge in [0.25, 0.3) is 0 Å². The summed E-state index contributed by atoms with van der Waals surface area (Å²) in [5, 5.41) is 0.727. The Morgan fingerprint density at radius 3 is 2.79 bits per heavy atom. The van der Waals surface area contributed by atoms with Gasteiger partial charge in [-0.15, -0.1) is 11.3 Å². The number of aromatic nitrogens is 2. The van der Waals surface area contributed by atoms with Crippen LogP contribution in [0.3, 0.4) is 0 Å². The first-order valence-corrected chi connectivity index (χ1v) is 13.5. The van der Waals surface area contributed by atoms with E-state index in [2.05, 4.69) is 21.8 Å². The van der Waals surface area contributed by atoms with Gasteiger partial charge in [-0.05, 0) is 93.7 Å². The van der Waals surface area contributed by atoms with Gasteiger partial charge in [-0.2, -0.15) is 0 Å². The number of hydrogen-bond donors (Lipinski definition) is 1. The van der Waals surface area contributed by atoms with Crippen LogP contribution in [0.25, 0.3) is 6.08 Å². The van der Waals surface area contributed by atoms with E-state index < -0.39 is 0 Å². The Kier molecular flexibility index (Phi) is 8.68. The molecule has 0 saturated heterocycles. The van der Waals surface area contributed by atoms with Crippen LogP contribution in [-0.2, 0) is 17.6 Å². The topological polar surface area (TPSA) is 72.1 Å². The molecular weight excluding hydrogens is 428 g/mol. The van der Waals surface area contributed by atoms with E-state index in [0.29, 0.717) is 18.4 Å². The van der Waals surface area contributed by atoms with E-state index in [1.54, 1.807) is 29.8 Å². The molecule has 6 heteroatoms. The third-order valence-electron chi connectivity index (χ3n) is 7.38. The first kappa shape index (κ1) is 24.1. The van der Waals surface area contributed by atoms with Crippen LogP contribution in [0, 0.1) is 11.8 Å². The number of nitrogens with zero attached hydrogens (tertiary/aromatic N) is 3. The normalized spacial score (nSPS) is 23.2. The van der Waals surface area contributed by atoms with Gasteiger partial charge in [0.2, 0.25) is 0 Å². The van der Waals surface area contributed by atoms with E-state index in [4.69, 9.17) is 5.73 Å². The maximum Gasteiger partial charge on any atom is 0.180 e. The standard InChI is InChI=1S/C27H38N4OS/c1-2-15-31(23-10-12-25-26(18-23)33-27(28)30-25)16-13-20-5-7-21(8-6-20)17-24(32)11-9-22-4-3-14-29-19-22/h3-4,9,11,14,19-21,23H,2,5-8,10,12-13,15-18H2,1H3,(H2,28,30)/b11-9+/t20?,21?,23-/m0/s1. The smallest absolute Gasteiger partial charge is 0.180 e. The zero-order valence-electron chi connectivity index (χ0n) is 19.9. The van der Waals surface area contributed by atoms with Gasteiger partial charge >= 0.3 is 0 Å². The summed E-state index contributed by atoms with van der Waals surface area (Å²) in [5.74, 6) is 1.60. The van der Waals surface area contributed by atoms with Gasteiger partial charge in [0.1, 0.15) is 0 Å². The van der Waals surface area contributed by atoms with Crippen LogP contribution >= 0.6 is 11.3 Å². The average Bonchev–Trinajstić information content (AvgIpc) is 3.21. The summed E-state index contributed by atoms with van der Waals surface area (Å²) in [7, 11) is 0. The van der Waals surface area contributed by atoms with E-state index in [1.165, 1.54) is 68.6 Å². The lowest BCUT2D eigenvalue weighted by Crippen LogP contribution is -2.41. The molecule has 5 nitrogen and oxygen atoms in total. The Morgan fingerprint density at radius 2 is 2.03 bits per heavy atom. The predicted octanol–water partition coefficient (Wildman–Crippen LogP) is 5.56. The molecule has 2 heterocycles. The number of fused-ring (bicyclic) bond motifs is 1. The first-order chi connectivity index (χ1) is 16.1. The van der Waals surface area contributed by atoms with E-state index in [0.717, 1.165) is 29.5 Å². The van der Waals surface area contributed by atoms with Crippen molar-refractivity contribution in [3.8, 4) is 0 Å². The van der Waals surface area contributed by atoms with Crippen LogP contribution in [0.5, 0.6) is 0 Å². The van der Waals surface area contributed by atoms with Gasteiger partial charge in [-0.25, -0.2) is 4.98 Å². The number of rotatable bonds is 10. The van der Waals surface area contributed by atoms with Crippen LogP contribution in [0.2, 0.25) is 0 Å². The summed E-state index contributed by atoms with van der Waals surface area (Å²) < 4.78 is 0. The molecule has 2 N–H and O–H groups in total. The average molecular weight is 467 g/mol. The Balaban J connectivity index is 1.19. The van der Waals surface area contributed by atoms with E-state index in [9.17, 15) is 4.79 Å². The summed E-state index contributed by atoms with van der Waals surface area (Å²) in [6.07, 6.45) is 18.7. The van der Waals surface area contributed by atoms with Crippen molar-refractivity contribution in [2.45, 2.75) is 77.2 Å². The van der Waals surface area contributed by atoms with Crippen molar-refractivity contribution in [3.05, 3.63) is 46.7 Å². The fourth-order valence-corrected chi connectivity index (χ4v) is 6.49. The molecule has 4 rings (SSSR count). The predicted molar refractivity (Wildman–Crippen MR) is 137 cm³/mol. The second-order valence-electron chi connectivity index (χ2n) is 9.82. The highest BCUT2D eigenvalue weighted by molar-refractivity contribution is 7.15. The number of nitrogen functional groups attached to an aromatic ring is 1. The first-order valence-electron chi connectivity index (χ1n) is 12.7. The Hall–Kier alpha value is -2.05. The number of ketones is 1. The van der Waals surface area contributed by atoms with Gasteiger partial charge in [-0.3, -0.25) is 9.78 Å². The molecule has 2 aromatic rings. The van der Waals surface area contributed by atoms with Crippen LogP contribution < -0.4 is 5.73 Å². The largest absolute Gasteiger partial charge is 0.375 e. The zero-order chi connectivity index (χ0) is 23.0. The molecule has 2 aliphatic carbocycles. The molecule has 2 aromatic heterocycles. The lowest BCUT2D eigenvalue weighted by atomic mass is 9.78. The summed E-state index contributed by atoms with van der Waals surface area (Å²) in [4.78, 5) is 25.1. The van der Waals surface area contributed by atoms with Crippen molar-refractivity contribution in [3.63, 3.8) is 0 Å². The number of pyridine rings is 1. The minimum atomic E-state index is 0.247. The number of thiazole rings is 1. The van der Waals surface area contributed by atoms with Crippen molar-refractivity contribution in [2.75, 3.05) is 18.8 Å². The summed E-state index contributed by atoms with van der Waals surface area (Å²) in [6.45, 7) is 4.67. The van der Waals surface area contributed by atoms with Gasteiger partial charge < -0.3 is 10.6 Å². The van der Waals surface area contributed by atoms with Crippen molar-refractivity contribution in [2.24, 2.45) is 11.8 Å². The monoisotopic (exact) mass is 466 g/mol. The molecule has 1 saturated carbocycles. The van der Waals surface area contributed by atoms with Crippen LogP contribution in [-0.4, -0.2) is 39.8 Å². The highest BCUT2D eigenvalue weighted by Gasteiger charge is 2.28. The van der Waals surface area contributed by atoms with E-state index >= 15 is 0 Å². The molecule has 178 valence electrons. The molecular formula is C27H38N4OS. The zero-order valence-corrected chi connectivity index (χ0v) is 20.7. The number of anilines is 1. The highest BCUT2D eigenvalue weighted by atomic mass is 32.1. The summed E-state index contributed by atoms with van der Waals surface area (Å²) in [6, 6.07) is 4.51. The minimum absolute atomic E-state index is 0.247. The second-order valence-corrected chi connectivity index (χ2v) is 10.9. The molecule has 0 aliphatic heterocycles. The van der Waals surface area contributed by atoms with Crippen molar-refractivity contribution >= 4 is 28.3 Å². The number of allylic oxidation sites excluding steroid dienone is 1. The molecule has 2 aliphatic rings. The maximum absolute atomic E-state index is 12.4. The number of carbonyl (C=O) groups is 1. The SMILES string of the molecule is CCCN(CCC1CCC(CC(=O)/C=C/c2cccnc2)CC1)[C@H]1CCc2nc(N)sc2C1. The van der Waals surface area contributed by atoms with Gasteiger partial charge in [0, 0.05) is 29.7 Å². The molecule has 0 aromatic carbocycles. The van der Waals surface area contributed by atoms with Crippen LogP contribution in [0.1, 0.15) is 74.4 Å². The Labute approximate surface area is 202 Å². The quantitative estimate of drug-likeness (QED) is 0.464. The van der Waals surface area contributed by atoms with Crippen molar-refractivity contribution < 1.29 is 4.79 Å². The lowest BCUT2D eigenvalue weighted by Gasteiger charge is -2.36. The molecule has 1 atom stereocenters. The van der Waals surface area contributed by atoms with Crippen molar-refractivity contribution in [1.29, 1.82) is 0 Å². The van der Waals surface area contributed by atoms with E-state index in [1.807, 2.05) is 18.2 Å². The van der Waals surface area contributed by atoms with Gasteiger partial charge in [0.05, 0.1) is 5.69 Å². The molecule has 33 heavy (non-hydrogen) atoms. The summed E-state index contributed by atoms with van der Waals surface area (Å²) >= 11 is 1.69. The van der Waals surface area contributed by atoms with Crippen LogP contribution in [0.15, 0.2) is 30.6 Å². The lowest BCUT2D eigenvalue weighted by molar-refractivity contribution is -0.115. The fraction of sp³-hybridized carbons (Fsp3) is 0.593. The number of aryl methyl sites for hydroxylation is 1. The third kappa shape index (κ3) is 6.97. The van der Waals surface area contributed by atoms with Crippen LogP contribution in [0.4, 0.5) is 5.13 Å². The molecule has 0 radical (unpaired) electrons. The molecule has 1 fully saturated rings. The van der Waals surface area contributed by atoms with Crippen molar-refractivity contribution in [1.82, 2.24) is 14.9 Å². The fourth-order valence-electron chi connectivity index (χ4n) is 5.54. The molecule has 0 spiro atoms. The Morgan fingerprint density at radius 1 is 1.21 bits per heavy atom. The number of carbonyl (C=O) groups excluding carboxylic acids is 1. The number of hydrogen-bond acceptors (Lipinski definition) is 6. The molecule has 0 unspecified atom stereocenters. The molecule has 0 amide bonds.